The second kappa shape index (κ2) is 3.05. The van der Waals surface area contributed by atoms with Crippen LogP contribution in [0.2, 0.25) is 0 Å². The molecular formula is C9H6F2N2. The standard InChI is InChI=1S/C9H6F2N2/c10-9(11)8-7-5-12-3-1-6(7)2-4-13-8/h1-5,9H. The summed E-state index contributed by atoms with van der Waals surface area (Å²) in [5, 5.41) is 1.15. The van der Waals surface area contributed by atoms with E-state index in [1.165, 1.54) is 12.4 Å². The molecule has 0 aromatic carbocycles. The van der Waals surface area contributed by atoms with Gasteiger partial charge in [-0.05, 0) is 17.5 Å². The fraction of sp³-hybridized carbons (Fsp3) is 0.111. The molecule has 2 aromatic rings. The van der Waals surface area contributed by atoms with Crippen LogP contribution in [0.4, 0.5) is 8.78 Å². The SMILES string of the molecule is FC(F)c1nccc2ccncc12. The van der Waals surface area contributed by atoms with Gasteiger partial charge in [0.1, 0.15) is 5.69 Å². The number of hydrogen-bond donors (Lipinski definition) is 0. The summed E-state index contributed by atoms with van der Waals surface area (Å²) < 4.78 is 24.8. The van der Waals surface area contributed by atoms with Crippen LogP contribution in [-0.2, 0) is 0 Å². The first kappa shape index (κ1) is 8.04. The van der Waals surface area contributed by atoms with E-state index >= 15 is 0 Å². The Balaban J connectivity index is 2.76. The van der Waals surface area contributed by atoms with Crippen LogP contribution in [0.25, 0.3) is 10.8 Å². The maximum Gasteiger partial charge on any atom is 0.281 e. The van der Waals surface area contributed by atoms with Crippen molar-refractivity contribution in [1.82, 2.24) is 9.97 Å². The van der Waals surface area contributed by atoms with Gasteiger partial charge in [0, 0.05) is 24.0 Å². The molecule has 2 aromatic heterocycles. The van der Waals surface area contributed by atoms with Crippen LogP contribution in [0.3, 0.4) is 0 Å². The normalized spacial score (nSPS) is 11.0. The molecule has 13 heavy (non-hydrogen) atoms. The predicted molar refractivity (Wildman–Crippen MR) is 44.5 cm³/mol. The monoisotopic (exact) mass is 180 g/mol. The molecule has 2 rings (SSSR count). The number of hydrogen-bond acceptors (Lipinski definition) is 2. The van der Waals surface area contributed by atoms with Crippen molar-refractivity contribution < 1.29 is 8.78 Å². The zero-order valence-corrected chi connectivity index (χ0v) is 6.61. The Hall–Kier alpha value is -1.58. The maximum absolute atomic E-state index is 12.4. The third-order valence-electron chi connectivity index (χ3n) is 1.81. The molecule has 0 bridgehead atoms. The molecule has 0 fully saturated rings. The van der Waals surface area contributed by atoms with Gasteiger partial charge < -0.3 is 0 Å². The average molecular weight is 180 g/mol. The van der Waals surface area contributed by atoms with Crippen LogP contribution >= 0.6 is 0 Å². The zero-order chi connectivity index (χ0) is 9.26. The predicted octanol–water partition coefficient (Wildman–Crippen LogP) is 2.57. The van der Waals surface area contributed by atoms with Gasteiger partial charge >= 0.3 is 0 Å². The minimum Gasteiger partial charge on any atom is -0.264 e. The van der Waals surface area contributed by atoms with E-state index in [-0.39, 0.29) is 5.69 Å². The number of nitrogens with zero attached hydrogens (tertiary/aromatic N) is 2. The van der Waals surface area contributed by atoms with Crippen molar-refractivity contribution >= 4 is 10.8 Å². The lowest BCUT2D eigenvalue weighted by Gasteiger charge is -2.02. The van der Waals surface area contributed by atoms with Crippen molar-refractivity contribution in [2.75, 3.05) is 0 Å². The lowest BCUT2D eigenvalue weighted by Crippen LogP contribution is -1.91. The van der Waals surface area contributed by atoms with E-state index in [1.807, 2.05) is 0 Å². The average Bonchev–Trinajstić information content (AvgIpc) is 2.17. The molecule has 0 aliphatic rings. The van der Waals surface area contributed by atoms with Crippen LogP contribution in [0.15, 0.2) is 30.7 Å². The molecule has 0 atom stereocenters. The Morgan fingerprint density at radius 1 is 1.15 bits per heavy atom. The minimum atomic E-state index is -2.55. The van der Waals surface area contributed by atoms with Crippen molar-refractivity contribution in [3.63, 3.8) is 0 Å². The van der Waals surface area contributed by atoms with Crippen molar-refractivity contribution in [3.05, 3.63) is 36.4 Å². The smallest absolute Gasteiger partial charge is 0.264 e. The summed E-state index contributed by atoms with van der Waals surface area (Å²) in [5.74, 6) is 0. The highest BCUT2D eigenvalue weighted by Crippen LogP contribution is 2.24. The van der Waals surface area contributed by atoms with Gasteiger partial charge in [0.15, 0.2) is 0 Å². The second-order valence-corrected chi connectivity index (χ2v) is 2.59. The Bertz CT molecular complexity index is 423. The van der Waals surface area contributed by atoms with Crippen molar-refractivity contribution in [2.45, 2.75) is 6.43 Å². The van der Waals surface area contributed by atoms with Gasteiger partial charge in [-0.25, -0.2) is 8.78 Å². The summed E-state index contributed by atoms with van der Waals surface area (Å²) in [6.45, 7) is 0. The molecule has 0 N–H and O–H groups in total. The molecule has 0 amide bonds. The molecule has 4 heteroatoms. The third kappa shape index (κ3) is 1.35. The van der Waals surface area contributed by atoms with E-state index in [1.54, 1.807) is 18.3 Å². The molecule has 0 aliphatic carbocycles. The van der Waals surface area contributed by atoms with E-state index in [2.05, 4.69) is 9.97 Å². The van der Waals surface area contributed by atoms with Crippen LogP contribution in [0.5, 0.6) is 0 Å². The fourth-order valence-corrected chi connectivity index (χ4v) is 1.21. The first-order chi connectivity index (χ1) is 6.29. The quantitative estimate of drug-likeness (QED) is 0.674. The largest absolute Gasteiger partial charge is 0.281 e. The topological polar surface area (TPSA) is 25.8 Å². The van der Waals surface area contributed by atoms with E-state index in [4.69, 9.17) is 0 Å². The lowest BCUT2D eigenvalue weighted by atomic mass is 10.2. The van der Waals surface area contributed by atoms with Gasteiger partial charge in [-0.2, -0.15) is 0 Å². The van der Waals surface area contributed by atoms with Gasteiger partial charge in [0.25, 0.3) is 6.43 Å². The first-order valence-corrected chi connectivity index (χ1v) is 3.76. The summed E-state index contributed by atoms with van der Waals surface area (Å²) in [4.78, 5) is 7.40. The van der Waals surface area contributed by atoms with Gasteiger partial charge in [0.2, 0.25) is 0 Å². The van der Waals surface area contributed by atoms with Crippen molar-refractivity contribution in [1.29, 1.82) is 0 Å². The molecule has 0 saturated carbocycles. The number of halogens is 2. The minimum absolute atomic E-state index is 0.203. The fourth-order valence-electron chi connectivity index (χ4n) is 1.21. The Labute approximate surface area is 73.2 Å². The number of aromatic nitrogens is 2. The van der Waals surface area contributed by atoms with Gasteiger partial charge in [-0.15, -0.1) is 0 Å². The second-order valence-electron chi connectivity index (χ2n) is 2.59. The van der Waals surface area contributed by atoms with Crippen LogP contribution in [0, 0.1) is 0 Å². The molecule has 0 saturated heterocycles. The van der Waals surface area contributed by atoms with Crippen LogP contribution in [0.1, 0.15) is 12.1 Å². The van der Waals surface area contributed by atoms with Crippen LogP contribution in [-0.4, -0.2) is 9.97 Å². The number of alkyl halides is 2. The summed E-state index contributed by atoms with van der Waals surface area (Å²) >= 11 is 0. The first-order valence-electron chi connectivity index (χ1n) is 3.76. The van der Waals surface area contributed by atoms with Gasteiger partial charge in [0.05, 0.1) is 0 Å². The highest BCUT2D eigenvalue weighted by Gasteiger charge is 2.12. The van der Waals surface area contributed by atoms with Crippen molar-refractivity contribution in [3.8, 4) is 0 Å². The molecule has 2 nitrogen and oxygen atoms in total. The summed E-state index contributed by atoms with van der Waals surface area (Å²) in [6, 6.07) is 3.37. The van der Waals surface area contributed by atoms with E-state index in [0.29, 0.717) is 5.39 Å². The summed E-state index contributed by atoms with van der Waals surface area (Å²) in [5.41, 5.74) is -0.203. The summed E-state index contributed by atoms with van der Waals surface area (Å²) in [6.07, 6.45) is 1.80. The molecule has 66 valence electrons. The van der Waals surface area contributed by atoms with Crippen molar-refractivity contribution in [2.24, 2.45) is 0 Å². The highest BCUT2D eigenvalue weighted by molar-refractivity contribution is 5.83. The Kier molecular flexibility index (Phi) is 1.88. The summed E-state index contributed by atoms with van der Waals surface area (Å²) in [7, 11) is 0. The third-order valence-corrected chi connectivity index (χ3v) is 1.81. The highest BCUT2D eigenvalue weighted by atomic mass is 19.3. The zero-order valence-electron chi connectivity index (χ0n) is 6.61. The number of rotatable bonds is 1. The molecule has 0 aliphatic heterocycles. The molecule has 2 heterocycles. The molecule has 0 radical (unpaired) electrons. The van der Waals surface area contributed by atoms with Gasteiger partial charge in [-0.3, -0.25) is 9.97 Å². The Morgan fingerprint density at radius 3 is 2.69 bits per heavy atom. The van der Waals surface area contributed by atoms with E-state index < -0.39 is 6.43 Å². The number of pyridine rings is 2. The molecular weight excluding hydrogens is 174 g/mol. The molecule has 0 spiro atoms. The van der Waals surface area contributed by atoms with E-state index in [9.17, 15) is 8.78 Å². The van der Waals surface area contributed by atoms with Gasteiger partial charge in [-0.1, -0.05) is 0 Å². The van der Waals surface area contributed by atoms with Crippen LogP contribution < -0.4 is 0 Å². The maximum atomic E-state index is 12.4. The Morgan fingerprint density at radius 2 is 1.92 bits per heavy atom. The van der Waals surface area contributed by atoms with E-state index in [0.717, 1.165) is 5.39 Å². The lowest BCUT2D eigenvalue weighted by molar-refractivity contribution is 0.148. The number of fused-ring (bicyclic) bond motifs is 1. The molecule has 0 unspecified atom stereocenters.